The number of benzene rings is 3. The molecule has 5 nitrogen and oxygen atoms in total. The Kier molecular flexibility index (Phi) is 6.79. The molecule has 0 saturated carbocycles. The number of ether oxygens (including phenoxy) is 1. The van der Waals surface area contributed by atoms with Gasteiger partial charge in [-0.2, -0.15) is 0 Å². The molecule has 3 aliphatic rings. The van der Waals surface area contributed by atoms with Crippen LogP contribution in [0.15, 0.2) is 71.6 Å². The molecule has 2 saturated heterocycles. The van der Waals surface area contributed by atoms with E-state index in [1.165, 1.54) is 16.0 Å². The van der Waals surface area contributed by atoms with E-state index in [1.807, 2.05) is 42.1 Å². The van der Waals surface area contributed by atoms with Crippen molar-refractivity contribution in [2.45, 2.75) is 54.1 Å². The smallest absolute Gasteiger partial charge is 0.320 e. The van der Waals surface area contributed by atoms with Gasteiger partial charge in [0, 0.05) is 27.0 Å². The van der Waals surface area contributed by atoms with Crippen LogP contribution in [0.1, 0.15) is 36.5 Å². The van der Waals surface area contributed by atoms with Gasteiger partial charge in [0.25, 0.3) is 0 Å². The predicted octanol–water partition coefficient (Wildman–Crippen LogP) is 6.77. The summed E-state index contributed by atoms with van der Waals surface area (Å²) < 4.78 is 5.90. The number of hydrogen-bond donors (Lipinski definition) is 1. The molecule has 1 N–H and O–H groups in total. The van der Waals surface area contributed by atoms with Gasteiger partial charge in [0.05, 0.1) is 29.5 Å². The van der Waals surface area contributed by atoms with Crippen LogP contribution in [-0.2, 0) is 17.8 Å². The largest absolute Gasteiger partial charge is 0.489 e. The van der Waals surface area contributed by atoms with Crippen molar-refractivity contribution in [2.75, 3.05) is 19.6 Å². The van der Waals surface area contributed by atoms with E-state index in [0.29, 0.717) is 36.3 Å². The molecular formula is C30H30Cl2N2O3S. The summed E-state index contributed by atoms with van der Waals surface area (Å²) in [7, 11) is 0. The van der Waals surface area contributed by atoms with E-state index in [0.717, 1.165) is 30.6 Å². The monoisotopic (exact) mass is 568 g/mol. The van der Waals surface area contributed by atoms with E-state index >= 15 is 0 Å². The van der Waals surface area contributed by atoms with Gasteiger partial charge in [-0.05, 0) is 73.7 Å². The fourth-order valence-corrected chi connectivity index (χ4v) is 8.26. The van der Waals surface area contributed by atoms with Crippen molar-refractivity contribution < 1.29 is 14.6 Å². The summed E-state index contributed by atoms with van der Waals surface area (Å²) in [4.78, 5) is 18.5. The molecule has 3 aromatic rings. The Hall–Kier alpha value is -2.38. The first-order valence-electron chi connectivity index (χ1n) is 13.0. The highest BCUT2D eigenvalue weighted by Gasteiger charge is 2.55. The highest BCUT2D eigenvalue weighted by Crippen LogP contribution is 2.57. The van der Waals surface area contributed by atoms with Crippen LogP contribution in [0.4, 0.5) is 4.79 Å². The number of carbonyl (C=O) groups excluding carboxylic acids is 1. The third-order valence-corrected chi connectivity index (χ3v) is 10.2. The number of β-amino-alcohol motifs (C(OH)–C–C–N with tert-alkyl or cyclic N) is 1. The molecule has 8 heteroatoms. The Morgan fingerprint density at radius 1 is 1.08 bits per heavy atom. The second-order valence-corrected chi connectivity index (χ2v) is 13.0. The summed E-state index contributed by atoms with van der Waals surface area (Å²) in [5.74, 6) is 0.784. The maximum Gasteiger partial charge on any atom is 0.320 e. The van der Waals surface area contributed by atoms with Crippen molar-refractivity contribution in [3.63, 3.8) is 0 Å². The molecule has 0 radical (unpaired) electrons. The minimum absolute atomic E-state index is 0.0390. The van der Waals surface area contributed by atoms with Crippen LogP contribution in [0.5, 0.6) is 5.75 Å². The second kappa shape index (κ2) is 9.98. The highest BCUT2D eigenvalue weighted by molar-refractivity contribution is 8.00. The number of likely N-dealkylation sites (tertiary alicyclic amines) is 2. The molecular weight excluding hydrogens is 539 g/mol. The van der Waals surface area contributed by atoms with Crippen LogP contribution in [0.2, 0.25) is 10.0 Å². The van der Waals surface area contributed by atoms with E-state index in [2.05, 4.69) is 41.3 Å². The maximum atomic E-state index is 13.5. The first-order chi connectivity index (χ1) is 18.3. The summed E-state index contributed by atoms with van der Waals surface area (Å²) >= 11 is 14.6. The van der Waals surface area contributed by atoms with Crippen molar-refractivity contribution in [1.29, 1.82) is 0 Å². The maximum absolute atomic E-state index is 13.5. The van der Waals surface area contributed by atoms with Crippen molar-refractivity contribution in [3.8, 4) is 5.75 Å². The summed E-state index contributed by atoms with van der Waals surface area (Å²) in [6.45, 7) is 3.56. The highest BCUT2D eigenvalue weighted by atomic mass is 35.5. The zero-order valence-corrected chi connectivity index (χ0v) is 23.5. The molecule has 2 amide bonds. The number of nitrogens with zero attached hydrogens (tertiary/aromatic N) is 2. The normalized spacial score (nSPS) is 23.4. The Balaban J connectivity index is 1.30. The van der Waals surface area contributed by atoms with Gasteiger partial charge in [-0.3, -0.25) is 0 Å². The zero-order valence-electron chi connectivity index (χ0n) is 21.2. The van der Waals surface area contributed by atoms with Gasteiger partial charge in [-0.15, -0.1) is 11.8 Å². The first kappa shape index (κ1) is 25.9. The summed E-state index contributed by atoms with van der Waals surface area (Å²) in [6, 6.07) is 22.4. The zero-order chi connectivity index (χ0) is 26.5. The van der Waals surface area contributed by atoms with Crippen molar-refractivity contribution in [2.24, 2.45) is 0 Å². The summed E-state index contributed by atoms with van der Waals surface area (Å²) in [5.41, 5.74) is 2.53. The topological polar surface area (TPSA) is 53.0 Å². The average Bonchev–Trinajstić information content (AvgIpc) is 3.26. The van der Waals surface area contributed by atoms with Crippen LogP contribution in [0.3, 0.4) is 0 Å². The molecule has 6 rings (SSSR count). The van der Waals surface area contributed by atoms with Crippen LogP contribution >= 0.6 is 35.0 Å². The molecule has 198 valence electrons. The molecule has 2 atom stereocenters. The molecule has 2 heterocycles. The quantitative estimate of drug-likeness (QED) is 0.369. The Morgan fingerprint density at radius 3 is 2.53 bits per heavy atom. The molecule has 2 aliphatic heterocycles. The molecule has 0 bridgehead atoms. The van der Waals surface area contributed by atoms with Gasteiger partial charge in [0.1, 0.15) is 12.4 Å². The standard InChI is InChI=1S/C30H30Cl2N2O3S/c1-29(36)18-33(19-29)28(35)34-15-14-30(38-22-6-3-2-4-7-22)24-12-11-21(16-20(24)10-13-27(30)34)37-17-23-25(31)8-5-9-26(23)32/h2-9,11-12,16,27,36H,10,13-15,17-19H2,1H3. The summed E-state index contributed by atoms with van der Waals surface area (Å²) in [6.07, 6.45) is 2.61. The van der Waals surface area contributed by atoms with Gasteiger partial charge in [0.2, 0.25) is 0 Å². The lowest BCUT2D eigenvalue weighted by Gasteiger charge is -2.48. The van der Waals surface area contributed by atoms with Crippen molar-refractivity contribution in [3.05, 3.63) is 93.5 Å². The van der Waals surface area contributed by atoms with Gasteiger partial charge < -0.3 is 19.6 Å². The Bertz CT molecular complexity index is 1340. The Labute approximate surface area is 237 Å². The molecule has 2 unspecified atom stereocenters. The third kappa shape index (κ3) is 4.66. The molecule has 2 fully saturated rings. The van der Waals surface area contributed by atoms with Gasteiger partial charge in [-0.1, -0.05) is 53.5 Å². The van der Waals surface area contributed by atoms with Crippen LogP contribution < -0.4 is 4.74 Å². The minimum Gasteiger partial charge on any atom is -0.489 e. The number of aryl methyl sites for hydroxylation is 1. The average molecular weight is 570 g/mol. The lowest BCUT2D eigenvalue weighted by molar-refractivity contribution is -0.0674. The van der Waals surface area contributed by atoms with Gasteiger partial charge in [0.15, 0.2) is 0 Å². The van der Waals surface area contributed by atoms with Gasteiger partial charge >= 0.3 is 6.03 Å². The first-order valence-corrected chi connectivity index (χ1v) is 14.5. The molecule has 0 spiro atoms. The number of hydrogen-bond acceptors (Lipinski definition) is 4. The molecule has 1 aliphatic carbocycles. The number of thioether (sulfide) groups is 1. The predicted molar refractivity (Wildman–Crippen MR) is 152 cm³/mol. The van der Waals surface area contributed by atoms with Gasteiger partial charge in [-0.25, -0.2) is 4.79 Å². The third-order valence-electron chi connectivity index (χ3n) is 7.93. The van der Waals surface area contributed by atoms with Crippen LogP contribution in [0.25, 0.3) is 0 Å². The molecule has 3 aromatic carbocycles. The van der Waals surface area contributed by atoms with E-state index in [1.54, 1.807) is 11.8 Å². The van der Waals surface area contributed by atoms with Crippen molar-refractivity contribution >= 4 is 41.0 Å². The number of rotatable bonds is 5. The summed E-state index contributed by atoms with van der Waals surface area (Å²) in [5, 5.41) is 11.4. The second-order valence-electron chi connectivity index (χ2n) is 10.7. The number of amides is 2. The van der Waals surface area contributed by atoms with E-state index in [9.17, 15) is 9.90 Å². The number of urea groups is 1. The fourth-order valence-electron chi connectivity index (χ4n) is 6.16. The SMILES string of the molecule is CC1(O)CN(C(=O)N2CCC3(Sc4ccccc4)c4ccc(OCc5c(Cl)cccc5Cl)cc4CCC23)C1. The number of aliphatic hydroxyl groups is 1. The van der Waals surface area contributed by atoms with Crippen molar-refractivity contribution in [1.82, 2.24) is 9.80 Å². The van der Waals surface area contributed by atoms with E-state index in [4.69, 9.17) is 27.9 Å². The van der Waals surface area contributed by atoms with Crippen LogP contribution in [0, 0.1) is 0 Å². The number of carbonyl (C=O) groups is 1. The fraction of sp³-hybridized carbons (Fsp3) is 0.367. The van der Waals surface area contributed by atoms with E-state index < -0.39 is 5.60 Å². The van der Waals surface area contributed by atoms with Crippen LogP contribution in [-0.4, -0.2) is 52.2 Å². The van der Waals surface area contributed by atoms with E-state index in [-0.39, 0.29) is 16.8 Å². The minimum atomic E-state index is -0.783. The molecule has 38 heavy (non-hydrogen) atoms. The number of fused-ring (bicyclic) bond motifs is 3. The Morgan fingerprint density at radius 2 is 1.82 bits per heavy atom. The lowest BCUT2D eigenvalue weighted by Crippen LogP contribution is -2.65. The number of halogens is 2. The lowest BCUT2D eigenvalue weighted by atomic mass is 9.78. The molecule has 0 aromatic heterocycles.